The van der Waals surface area contributed by atoms with Gasteiger partial charge >= 0.3 is 6.18 Å². The van der Waals surface area contributed by atoms with Crippen LogP contribution in [0.3, 0.4) is 0 Å². The average Bonchev–Trinajstić information content (AvgIpc) is 3.05. The van der Waals surface area contributed by atoms with Crippen molar-refractivity contribution in [1.29, 1.82) is 0 Å². The summed E-state index contributed by atoms with van der Waals surface area (Å²) in [6, 6.07) is 0. The molecule has 1 N–H and O–H groups in total. The molecule has 9 heteroatoms. The van der Waals surface area contributed by atoms with Crippen LogP contribution in [0.5, 0.6) is 0 Å². The monoisotopic (exact) mass is 343 g/mol. The highest BCUT2D eigenvalue weighted by Gasteiger charge is 2.34. The largest absolute Gasteiger partial charge is 0.432 e. The van der Waals surface area contributed by atoms with E-state index in [0.717, 1.165) is 12.6 Å². The molecule has 130 valence electrons. The Morgan fingerprint density at radius 3 is 2.75 bits per heavy atom. The molecule has 2 aromatic heterocycles. The Balaban J connectivity index is 1.81. The lowest BCUT2D eigenvalue weighted by Crippen LogP contribution is -2.36. The van der Waals surface area contributed by atoms with Crippen LogP contribution in [0.25, 0.3) is 0 Å². The van der Waals surface area contributed by atoms with Crippen LogP contribution in [-0.2, 0) is 12.6 Å². The molecule has 0 aromatic carbocycles. The van der Waals surface area contributed by atoms with Crippen molar-refractivity contribution in [3.8, 4) is 0 Å². The van der Waals surface area contributed by atoms with E-state index >= 15 is 0 Å². The van der Waals surface area contributed by atoms with E-state index in [0.29, 0.717) is 31.6 Å². The summed E-state index contributed by atoms with van der Waals surface area (Å²) in [7, 11) is 0. The molecule has 0 unspecified atom stereocenters. The zero-order chi connectivity index (χ0) is 17.3. The van der Waals surface area contributed by atoms with E-state index in [9.17, 15) is 17.6 Å². The molecule has 0 spiro atoms. The average molecular weight is 343 g/mol. The predicted octanol–water partition coefficient (Wildman–Crippen LogP) is 3.30. The molecule has 3 heterocycles. The third kappa shape index (κ3) is 3.20. The summed E-state index contributed by atoms with van der Waals surface area (Å²) in [6.45, 7) is 2.76. The number of nitrogens with zero attached hydrogens (tertiary/aromatic N) is 4. The van der Waals surface area contributed by atoms with Gasteiger partial charge in [0.2, 0.25) is 0 Å². The molecule has 0 bridgehead atoms. The highest BCUT2D eigenvalue weighted by atomic mass is 19.4. The van der Waals surface area contributed by atoms with Crippen molar-refractivity contribution in [2.24, 2.45) is 0 Å². The zero-order valence-electron chi connectivity index (χ0n) is 13.1. The van der Waals surface area contributed by atoms with Crippen molar-refractivity contribution in [3.63, 3.8) is 0 Å². The Morgan fingerprint density at radius 1 is 1.29 bits per heavy atom. The van der Waals surface area contributed by atoms with E-state index < -0.39 is 17.7 Å². The number of nitrogens with one attached hydrogen (secondary N) is 1. The second-order valence-corrected chi connectivity index (χ2v) is 5.78. The molecule has 1 aliphatic heterocycles. The number of aromatic nitrogens is 4. The molecular formula is C15H17F4N5. The van der Waals surface area contributed by atoms with E-state index in [1.165, 1.54) is 6.33 Å². The number of aryl methyl sites for hydroxylation is 1. The maximum Gasteiger partial charge on any atom is 0.432 e. The first-order valence-electron chi connectivity index (χ1n) is 7.76. The number of imidazole rings is 1. The van der Waals surface area contributed by atoms with Gasteiger partial charge in [0.1, 0.15) is 17.8 Å². The Hall–Kier alpha value is -2.19. The molecule has 3 rings (SSSR count). The van der Waals surface area contributed by atoms with Crippen LogP contribution in [0.4, 0.5) is 23.4 Å². The molecule has 0 saturated carbocycles. The van der Waals surface area contributed by atoms with E-state index in [-0.39, 0.29) is 17.6 Å². The van der Waals surface area contributed by atoms with Crippen molar-refractivity contribution in [3.05, 3.63) is 35.6 Å². The van der Waals surface area contributed by atoms with E-state index in [2.05, 4.69) is 19.9 Å². The lowest BCUT2D eigenvalue weighted by molar-refractivity contribution is -0.141. The van der Waals surface area contributed by atoms with Crippen LogP contribution in [-0.4, -0.2) is 33.0 Å². The normalized spacial score (nSPS) is 18.9. The number of rotatable bonds is 3. The molecule has 1 saturated heterocycles. The summed E-state index contributed by atoms with van der Waals surface area (Å²) in [5.41, 5.74) is -0.532. The molecule has 24 heavy (non-hydrogen) atoms. The van der Waals surface area contributed by atoms with Crippen LogP contribution in [0, 0.1) is 5.82 Å². The minimum atomic E-state index is -4.45. The van der Waals surface area contributed by atoms with Crippen molar-refractivity contribution >= 4 is 5.82 Å². The number of H-pyrrole nitrogens is 1. The summed E-state index contributed by atoms with van der Waals surface area (Å²) in [4.78, 5) is 15.9. The van der Waals surface area contributed by atoms with E-state index in [4.69, 9.17) is 0 Å². The maximum atomic E-state index is 14.4. The summed E-state index contributed by atoms with van der Waals surface area (Å²) < 4.78 is 52.5. The van der Waals surface area contributed by atoms with Gasteiger partial charge in [-0.05, 0) is 19.3 Å². The first-order valence-corrected chi connectivity index (χ1v) is 7.76. The van der Waals surface area contributed by atoms with Gasteiger partial charge in [-0.1, -0.05) is 6.92 Å². The fraction of sp³-hybridized carbons (Fsp3) is 0.533. The molecule has 1 fully saturated rings. The van der Waals surface area contributed by atoms with Gasteiger partial charge in [-0.25, -0.2) is 19.3 Å². The highest BCUT2D eigenvalue weighted by Crippen LogP contribution is 2.32. The quantitative estimate of drug-likeness (QED) is 0.869. The molecule has 5 nitrogen and oxygen atoms in total. The van der Waals surface area contributed by atoms with Gasteiger partial charge in [-0.3, -0.25) is 0 Å². The fourth-order valence-electron chi connectivity index (χ4n) is 2.94. The van der Waals surface area contributed by atoms with Crippen LogP contribution in [0.1, 0.15) is 42.9 Å². The van der Waals surface area contributed by atoms with Gasteiger partial charge in [0.05, 0.1) is 11.9 Å². The van der Waals surface area contributed by atoms with Gasteiger partial charge in [0.15, 0.2) is 11.6 Å². The summed E-state index contributed by atoms with van der Waals surface area (Å²) in [5.74, 6) is -0.211. The first-order chi connectivity index (χ1) is 11.4. The Kier molecular flexibility index (Phi) is 4.42. The molecule has 0 amide bonds. The molecule has 2 aromatic rings. The number of halogens is 4. The number of hydrogen-bond donors (Lipinski definition) is 1. The van der Waals surface area contributed by atoms with Crippen LogP contribution < -0.4 is 4.90 Å². The first kappa shape index (κ1) is 16.7. The summed E-state index contributed by atoms with van der Waals surface area (Å²) in [5, 5.41) is 0. The molecule has 0 radical (unpaired) electrons. The Labute approximate surface area is 136 Å². The lowest BCUT2D eigenvalue weighted by Gasteiger charge is -2.33. The molecule has 1 aliphatic rings. The third-order valence-electron chi connectivity index (χ3n) is 4.19. The van der Waals surface area contributed by atoms with Gasteiger partial charge in [-0.2, -0.15) is 13.2 Å². The Morgan fingerprint density at radius 2 is 2.08 bits per heavy atom. The highest BCUT2D eigenvalue weighted by molar-refractivity contribution is 5.42. The van der Waals surface area contributed by atoms with Crippen molar-refractivity contribution < 1.29 is 17.6 Å². The van der Waals surface area contributed by atoms with E-state index in [1.807, 2.05) is 0 Å². The smallest absolute Gasteiger partial charge is 0.353 e. The van der Waals surface area contributed by atoms with Crippen LogP contribution in [0.2, 0.25) is 0 Å². The molecular weight excluding hydrogens is 326 g/mol. The predicted molar refractivity (Wildman–Crippen MR) is 79.1 cm³/mol. The third-order valence-corrected chi connectivity index (χ3v) is 4.19. The van der Waals surface area contributed by atoms with Gasteiger partial charge in [0.25, 0.3) is 0 Å². The standard InChI is InChI=1S/C15H17F4N5/c1-2-10-12(16)14(22-8-21-10)24-5-3-4-9(7-24)13-20-6-11(23-13)15(17,18)19/h6,8-9H,2-5,7H2,1H3,(H,20,23)/t9-/m0/s1. The number of aromatic amines is 1. The fourth-order valence-corrected chi connectivity index (χ4v) is 2.94. The van der Waals surface area contributed by atoms with E-state index in [1.54, 1.807) is 11.8 Å². The van der Waals surface area contributed by atoms with Crippen LogP contribution >= 0.6 is 0 Å². The number of hydrogen-bond acceptors (Lipinski definition) is 4. The summed E-state index contributed by atoms with van der Waals surface area (Å²) >= 11 is 0. The number of anilines is 1. The van der Waals surface area contributed by atoms with Crippen molar-refractivity contribution in [2.45, 2.75) is 38.3 Å². The molecule has 1 atom stereocenters. The molecule has 0 aliphatic carbocycles. The van der Waals surface area contributed by atoms with Gasteiger partial charge < -0.3 is 9.88 Å². The minimum absolute atomic E-state index is 0.203. The lowest BCUT2D eigenvalue weighted by atomic mass is 9.97. The number of piperidine rings is 1. The Bertz CT molecular complexity index is 712. The van der Waals surface area contributed by atoms with Crippen molar-refractivity contribution in [2.75, 3.05) is 18.0 Å². The minimum Gasteiger partial charge on any atom is -0.353 e. The topological polar surface area (TPSA) is 57.7 Å². The number of alkyl halides is 3. The van der Waals surface area contributed by atoms with Gasteiger partial charge in [-0.15, -0.1) is 0 Å². The summed E-state index contributed by atoms with van der Waals surface area (Å²) in [6.07, 6.45) is -0.476. The van der Waals surface area contributed by atoms with Crippen LogP contribution in [0.15, 0.2) is 12.5 Å². The SMILES string of the molecule is CCc1ncnc(N2CCC[C@H](c3ncc(C(F)(F)F)[nH]3)C2)c1F. The second kappa shape index (κ2) is 6.37. The zero-order valence-corrected chi connectivity index (χ0v) is 13.1. The van der Waals surface area contributed by atoms with Crippen molar-refractivity contribution in [1.82, 2.24) is 19.9 Å². The maximum absolute atomic E-state index is 14.4. The van der Waals surface area contributed by atoms with Gasteiger partial charge in [0, 0.05) is 19.0 Å². The second-order valence-electron chi connectivity index (χ2n) is 5.78.